The fourth-order valence-corrected chi connectivity index (χ4v) is 2.99. The van der Waals surface area contributed by atoms with Crippen molar-refractivity contribution in [2.45, 2.75) is 19.3 Å². The normalized spacial score (nSPS) is 19.3. The number of anilines is 2. The minimum atomic E-state index is -0.178. The average molecular weight is 377 g/mol. The van der Waals surface area contributed by atoms with Crippen LogP contribution in [0.1, 0.15) is 24.8 Å². The van der Waals surface area contributed by atoms with E-state index >= 15 is 0 Å². The van der Waals surface area contributed by atoms with Crippen molar-refractivity contribution in [1.29, 1.82) is 0 Å². The predicted octanol–water partition coefficient (Wildman–Crippen LogP) is 2.88. The van der Waals surface area contributed by atoms with Crippen LogP contribution in [0.2, 0.25) is 0 Å². The first-order valence-corrected chi connectivity index (χ1v) is 8.10. The van der Waals surface area contributed by atoms with E-state index in [0.29, 0.717) is 11.4 Å². The maximum absolute atomic E-state index is 12.4. The molecule has 1 aliphatic rings. The van der Waals surface area contributed by atoms with Crippen molar-refractivity contribution in [2.75, 3.05) is 10.6 Å². The van der Waals surface area contributed by atoms with Gasteiger partial charge in [0, 0.05) is 30.6 Å². The Hall–Kier alpha value is -2.15. The molecule has 1 fully saturated rings. The summed E-state index contributed by atoms with van der Waals surface area (Å²) in [7, 11) is 1.86. The Morgan fingerprint density at radius 3 is 2.74 bits per heavy atom. The minimum absolute atomic E-state index is 0.0384. The molecule has 1 saturated carbocycles. The first-order chi connectivity index (χ1) is 10.9. The molecular formula is C16H17BrN4O2. The van der Waals surface area contributed by atoms with Crippen molar-refractivity contribution in [1.82, 2.24) is 9.78 Å². The van der Waals surface area contributed by atoms with Gasteiger partial charge in [0.05, 0.1) is 17.6 Å². The van der Waals surface area contributed by atoms with Crippen LogP contribution in [0.15, 0.2) is 35.1 Å². The van der Waals surface area contributed by atoms with Crippen molar-refractivity contribution >= 4 is 39.1 Å². The molecular weight excluding hydrogens is 360 g/mol. The van der Waals surface area contributed by atoms with Crippen molar-refractivity contribution in [2.24, 2.45) is 13.0 Å². The topological polar surface area (TPSA) is 76.0 Å². The molecule has 7 heteroatoms. The molecule has 0 radical (unpaired) electrons. The number of nitrogens with zero attached hydrogens (tertiary/aromatic N) is 2. The van der Waals surface area contributed by atoms with Crippen LogP contribution in [0.3, 0.4) is 0 Å². The van der Waals surface area contributed by atoms with E-state index in [1.807, 2.05) is 19.3 Å². The van der Waals surface area contributed by atoms with E-state index in [1.165, 1.54) is 6.92 Å². The highest BCUT2D eigenvalue weighted by atomic mass is 79.9. The number of benzene rings is 1. The second kappa shape index (κ2) is 6.16. The Morgan fingerprint density at radius 2 is 2.09 bits per heavy atom. The number of nitrogens with one attached hydrogen (secondary N) is 2. The number of carbonyl (C=O) groups is 2. The molecule has 2 N–H and O–H groups in total. The minimum Gasteiger partial charge on any atom is -0.325 e. The average Bonchev–Trinajstić information content (AvgIpc) is 3.17. The lowest BCUT2D eigenvalue weighted by Gasteiger charge is -2.12. The Morgan fingerprint density at radius 1 is 1.30 bits per heavy atom. The molecule has 120 valence electrons. The van der Waals surface area contributed by atoms with Crippen molar-refractivity contribution in [3.05, 3.63) is 40.6 Å². The maximum atomic E-state index is 12.4. The van der Waals surface area contributed by atoms with Crippen LogP contribution >= 0.6 is 15.9 Å². The molecule has 0 spiro atoms. The van der Waals surface area contributed by atoms with Gasteiger partial charge in [-0.15, -0.1) is 0 Å². The summed E-state index contributed by atoms with van der Waals surface area (Å²) in [6, 6.07) is 5.35. The standard InChI is InChI=1S/C16H17BrN4O2/c1-9(22)19-14-4-3-11(17)5-15(14)20-16(23)13-6-12(13)10-7-18-21(2)8-10/h3-5,7-8,12-13H,6H2,1-2H3,(H,19,22)(H,20,23)/t12-,13+/m0/s1. The van der Waals surface area contributed by atoms with Gasteiger partial charge in [0.25, 0.3) is 0 Å². The van der Waals surface area contributed by atoms with E-state index in [0.717, 1.165) is 16.5 Å². The molecule has 1 aliphatic carbocycles. The molecule has 3 rings (SSSR count). The van der Waals surface area contributed by atoms with Crippen LogP contribution in [0.4, 0.5) is 11.4 Å². The smallest absolute Gasteiger partial charge is 0.228 e. The zero-order chi connectivity index (χ0) is 16.6. The second-order valence-corrected chi connectivity index (χ2v) is 6.67. The highest BCUT2D eigenvalue weighted by Gasteiger charge is 2.44. The van der Waals surface area contributed by atoms with Crippen LogP contribution in [-0.4, -0.2) is 21.6 Å². The van der Waals surface area contributed by atoms with Gasteiger partial charge in [0.1, 0.15) is 0 Å². The first kappa shape index (κ1) is 15.7. The lowest BCUT2D eigenvalue weighted by atomic mass is 10.2. The third kappa shape index (κ3) is 3.61. The maximum Gasteiger partial charge on any atom is 0.228 e. The monoisotopic (exact) mass is 376 g/mol. The fraction of sp³-hybridized carbons (Fsp3) is 0.312. The Labute approximate surface area is 142 Å². The number of amides is 2. The van der Waals surface area contributed by atoms with E-state index in [1.54, 1.807) is 23.0 Å². The summed E-state index contributed by atoms with van der Waals surface area (Å²) in [5, 5.41) is 9.78. The number of aryl methyl sites for hydroxylation is 1. The Kier molecular flexibility index (Phi) is 4.21. The summed E-state index contributed by atoms with van der Waals surface area (Å²) < 4.78 is 2.58. The Balaban J connectivity index is 1.71. The summed E-state index contributed by atoms with van der Waals surface area (Å²) >= 11 is 3.38. The summed E-state index contributed by atoms with van der Waals surface area (Å²) in [5.41, 5.74) is 2.27. The van der Waals surface area contributed by atoms with Gasteiger partial charge in [0.2, 0.25) is 11.8 Å². The molecule has 0 aliphatic heterocycles. The summed E-state index contributed by atoms with van der Waals surface area (Å²) in [6.45, 7) is 1.44. The third-order valence-electron chi connectivity index (χ3n) is 3.83. The van der Waals surface area contributed by atoms with Gasteiger partial charge in [-0.1, -0.05) is 15.9 Å². The SMILES string of the molecule is CC(=O)Nc1ccc(Br)cc1NC(=O)[C@@H]1C[C@H]1c1cnn(C)c1. The highest BCUT2D eigenvalue weighted by molar-refractivity contribution is 9.10. The zero-order valence-electron chi connectivity index (χ0n) is 12.8. The van der Waals surface area contributed by atoms with Gasteiger partial charge in [-0.3, -0.25) is 14.3 Å². The van der Waals surface area contributed by atoms with Crippen LogP contribution in [0.5, 0.6) is 0 Å². The first-order valence-electron chi connectivity index (χ1n) is 7.30. The van der Waals surface area contributed by atoms with Gasteiger partial charge in [-0.05, 0) is 36.1 Å². The predicted molar refractivity (Wildman–Crippen MR) is 91.1 cm³/mol. The molecule has 0 bridgehead atoms. The third-order valence-corrected chi connectivity index (χ3v) is 4.32. The molecule has 1 aromatic carbocycles. The van der Waals surface area contributed by atoms with Gasteiger partial charge < -0.3 is 10.6 Å². The molecule has 1 aromatic heterocycles. The van der Waals surface area contributed by atoms with Crippen molar-refractivity contribution < 1.29 is 9.59 Å². The molecule has 2 amide bonds. The molecule has 2 atom stereocenters. The van der Waals surface area contributed by atoms with Crippen molar-refractivity contribution in [3.8, 4) is 0 Å². The van der Waals surface area contributed by atoms with E-state index in [9.17, 15) is 9.59 Å². The lowest BCUT2D eigenvalue weighted by Crippen LogP contribution is -2.17. The van der Waals surface area contributed by atoms with Crippen LogP contribution < -0.4 is 10.6 Å². The largest absolute Gasteiger partial charge is 0.325 e. The number of hydrogen-bond acceptors (Lipinski definition) is 3. The highest BCUT2D eigenvalue weighted by Crippen LogP contribution is 2.48. The number of carbonyl (C=O) groups excluding carboxylic acids is 2. The van der Waals surface area contributed by atoms with Crippen LogP contribution in [0.25, 0.3) is 0 Å². The molecule has 2 aromatic rings. The lowest BCUT2D eigenvalue weighted by molar-refractivity contribution is -0.117. The fourth-order valence-electron chi connectivity index (χ4n) is 2.63. The van der Waals surface area contributed by atoms with E-state index in [2.05, 4.69) is 31.7 Å². The molecule has 23 heavy (non-hydrogen) atoms. The van der Waals surface area contributed by atoms with Crippen molar-refractivity contribution in [3.63, 3.8) is 0 Å². The number of aromatic nitrogens is 2. The zero-order valence-corrected chi connectivity index (χ0v) is 14.4. The van der Waals surface area contributed by atoms with E-state index in [4.69, 9.17) is 0 Å². The summed E-state index contributed by atoms with van der Waals surface area (Å²) in [5.74, 6) is -0.0468. The van der Waals surface area contributed by atoms with Gasteiger partial charge in [-0.25, -0.2) is 0 Å². The summed E-state index contributed by atoms with van der Waals surface area (Å²) in [4.78, 5) is 23.7. The van der Waals surface area contributed by atoms with E-state index < -0.39 is 0 Å². The quantitative estimate of drug-likeness (QED) is 0.860. The Bertz CT molecular complexity index is 771. The van der Waals surface area contributed by atoms with Crippen LogP contribution in [-0.2, 0) is 16.6 Å². The van der Waals surface area contributed by atoms with Gasteiger partial charge in [0.15, 0.2) is 0 Å². The molecule has 0 unspecified atom stereocenters. The second-order valence-electron chi connectivity index (χ2n) is 5.76. The number of hydrogen-bond donors (Lipinski definition) is 2. The summed E-state index contributed by atoms with van der Waals surface area (Å²) in [6.07, 6.45) is 4.57. The number of rotatable bonds is 4. The van der Waals surface area contributed by atoms with E-state index in [-0.39, 0.29) is 23.7 Å². The van der Waals surface area contributed by atoms with Gasteiger partial charge in [-0.2, -0.15) is 5.10 Å². The van der Waals surface area contributed by atoms with Gasteiger partial charge >= 0.3 is 0 Å². The molecule has 1 heterocycles. The van der Waals surface area contributed by atoms with Crippen LogP contribution in [0, 0.1) is 5.92 Å². The molecule has 6 nitrogen and oxygen atoms in total. The number of halogens is 1. The molecule has 0 saturated heterocycles.